The summed E-state index contributed by atoms with van der Waals surface area (Å²) in [5, 5.41) is 21.3. The van der Waals surface area contributed by atoms with Crippen molar-refractivity contribution in [2.45, 2.75) is 13.3 Å². The van der Waals surface area contributed by atoms with E-state index in [1.165, 1.54) is 11.3 Å². The van der Waals surface area contributed by atoms with Crippen molar-refractivity contribution in [3.8, 4) is 0 Å². The third-order valence-electron chi connectivity index (χ3n) is 3.01. The minimum Gasteiger partial charge on any atom is -0.502 e. The summed E-state index contributed by atoms with van der Waals surface area (Å²) in [7, 11) is 0. The number of carbonyl (C=O) groups excluding carboxylic acids is 1. The van der Waals surface area contributed by atoms with Gasteiger partial charge in [-0.25, -0.2) is 4.79 Å². The maximum atomic E-state index is 12.0. The first-order valence-electron chi connectivity index (χ1n) is 6.26. The topological polar surface area (TPSA) is 74.6 Å². The molecule has 2 rings (SSSR count). The van der Waals surface area contributed by atoms with Crippen molar-refractivity contribution >= 4 is 23.1 Å². The Morgan fingerprint density at radius 2 is 1.81 bits per heavy atom. The van der Waals surface area contributed by atoms with Crippen molar-refractivity contribution < 1.29 is 19.8 Å². The first kappa shape index (κ1) is 15.0. The van der Waals surface area contributed by atoms with Crippen molar-refractivity contribution in [1.82, 2.24) is 0 Å². The molecule has 0 aliphatic rings. The predicted molar refractivity (Wildman–Crippen MR) is 81.0 cm³/mol. The Balaban J connectivity index is 2.22. The number of carboxylic acids is 1. The normalized spacial score (nSPS) is 11.4. The number of aliphatic carboxylic acids is 1. The molecule has 108 valence electrons. The Morgan fingerprint density at radius 1 is 1.14 bits per heavy atom. The summed E-state index contributed by atoms with van der Waals surface area (Å²) < 4.78 is 0. The SMILES string of the molecule is Cc1ccc(Cc2cscc2C(=O)C=C(O)C(=O)O)cc1. The van der Waals surface area contributed by atoms with Gasteiger partial charge in [0, 0.05) is 17.0 Å². The molecular weight excluding hydrogens is 288 g/mol. The molecule has 4 nitrogen and oxygen atoms in total. The molecule has 1 aromatic carbocycles. The van der Waals surface area contributed by atoms with E-state index in [9.17, 15) is 9.59 Å². The van der Waals surface area contributed by atoms with Crippen LogP contribution in [0.25, 0.3) is 0 Å². The fourth-order valence-electron chi connectivity index (χ4n) is 1.87. The Labute approximate surface area is 126 Å². The van der Waals surface area contributed by atoms with Gasteiger partial charge in [0.1, 0.15) is 0 Å². The van der Waals surface area contributed by atoms with Crippen molar-refractivity contribution in [2.75, 3.05) is 0 Å². The van der Waals surface area contributed by atoms with Crippen LogP contribution in [-0.2, 0) is 11.2 Å². The van der Waals surface area contributed by atoms with Gasteiger partial charge in [-0.1, -0.05) is 29.8 Å². The number of allylic oxidation sites excluding steroid dienone is 1. The number of hydrogen-bond donors (Lipinski definition) is 2. The van der Waals surface area contributed by atoms with Gasteiger partial charge in [-0.3, -0.25) is 4.79 Å². The summed E-state index contributed by atoms with van der Waals surface area (Å²) in [6.07, 6.45) is 1.33. The van der Waals surface area contributed by atoms with Crippen LogP contribution >= 0.6 is 11.3 Å². The Kier molecular flexibility index (Phi) is 4.55. The molecule has 0 saturated heterocycles. The number of aliphatic hydroxyl groups excluding tert-OH is 1. The van der Waals surface area contributed by atoms with E-state index in [0.29, 0.717) is 12.0 Å². The average molecular weight is 302 g/mol. The lowest BCUT2D eigenvalue weighted by molar-refractivity contribution is -0.135. The molecule has 0 spiro atoms. The van der Waals surface area contributed by atoms with Gasteiger partial charge in [0.25, 0.3) is 0 Å². The van der Waals surface area contributed by atoms with Gasteiger partial charge in [0.05, 0.1) is 0 Å². The third kappa shape index (κ3) is 3.79. The van der Waals surface area contributed by atoms with Crippen molar-refractivity contribution in [3.05, 3.63) is 69.1 Å². The van der Waals surface area contributed by atoms with Crippen LogP contribution < -0.4 is 0 Å². The molecule has 0 bridgehead atoms. The maximum Gasteiger partial charge on any atom is 0.371 e. The molecular formula is C16H14O4S. The van der Waals surface area contributed by atoms with E-state index in [1.807, 2.05) is 36.6 Å². The summed E-state index contributed by atoms with van der Waals surface area (Å²) in [6, 6.07) is 7.98. The average Bonchev–Trinajstić information content (AvgIpc) is 2.89. The molecule has 1 heterocycles. The standard InChI is InChI=1S/C16H14O4S/c1-10-2-4-11(5-3-10)6-12-8-21-9-13(12)14(17)7-15(18)16(19)20/h2-5,7-9,18H,6H2,1H3,(H,19,20). The first-order valence-corrected chi connectivity index (χ1v) is 7.20. The number of hydrogen-bond acceptors (Lipinski definition) is 4. The number of rotatable bonds is 5. The van der Waals surface area contributed by atoms with Crippen LogP contribution in [0, 0.1) is 6.92 Å². The highest BCUT2D eigenvalue weighted by Crippen LogP contribution is 2.20. The molecule has 0 atom stereocenters. The lowest BCUT2D eigenvalue weighted by Gasteiger charge is -2.03. The predicted octanol–water partition coefficient (Wildman–Crippen LogP) is 3.36. The summed E-state index contributed by atoms with van der Waals surface area (Å²) in [5.74, 6) is -2.97. The Hall–Kier alpha value is -2.40. The van der Waals surface area contributed by atoms with Gasteiger partial charge in [-0.15, -0.1) is 0 Å². The summed E-state index contributed by atoms with van der Waals surface area (Å²) in [4.78, 5) is 22.5. The fourth-order valence-corrected chi connectivity index (χ4v) is 2.71. The number of aryl methyl sites for hydroxylation is 1. The van der Waals surface area contributed by atoms with Crippen molar-refractivity contribution in [2.24, 2.45) is 0 Å². The summed E-state index contributed by atoms with van der Waals surface area (Å²) >= 11 is 1.37. The molecule has 5 heteroatoms. The molecule has 1 aromatic heterocycles. The zero-order chi connectivity index (χ0) is 15.4. The van der Waals surface area contributed by atoms with E-state index in [2.05, 4.69) is 0 Å². The lowest BCUT2D eigenvalue weighted by Crippen LogP contribution is -2.05. The third-order valence-corrected chi connectivity index (χ3v) is 3.80. The second kappa shape index (κ2) is 6.37. The van der Waals surface area contributed by atoms with Crippen molar-refractivity contribution in [1.29, 1.82) is 0 Å². The van der Waals surface area contributed by atoms with Gasteiger partial charge in [-0.05, 0) is 29.9 Å². The molecule has 0 unspecified atom stereocenters. The van der Waals surface area contributed by atoms with E-state index in [4.69, 9.17) is 10.2 Å². The number of carbonyl (C=O) groups is 2. The Bertz CT molecular complexity index is 695. The first-order chi connectivity index (χ1) is 9.97. The largest absolute Gasteiger partial charge is 0.502 e. The number of carboxylic acid groups (broad SMARTS) is 1. The van der Waals surface area contributed by atoms with Gasteiger partial charge < -0.3 is 10.2 Å². The van der Waals surface area contributed by atoms with Crippen LogP contribution in [-0.4, -0.2) is 22.0 Å². The quantitative estimate of drug-likeness (QED) is 0.504. The zero-order valence-electron chi connectivity index (χ0n) is 11.4. The molecule has 0 radical (unpaired) electrons. The van der Waals surface area contributed by atoms with Crippen LogP contribution in [0.15, 0.2) is 46.9 Å². The molecule has 0 aliphatic heterocycles. The molecule has 21 heavy (non-hydrogen) atoms. The highest BCUT2D eigenvalue weighted by Gasteiger charge is 2.14. The van der Waals surface area contributed by atoms with Gasteiger partial charge >= 0.3 is 5.97 Å². The van der Waals surface area contributed by atoms with E-state index in [1.54, 1.807) is 5.38 Å². The number of thiophene rings is 1. The maximum absolute atomic E-state index is 12.0. The minimum absolute atomic E-state index is 0.424. The van der Waals surface area contributed by atoms with Crippen LogP contribution in [0.3, 0.4) is 0 Å². The van der Waals surface area contributed by atoms with Gasteiger partial charge in [-0.2, -0.15) is 11.3 Å². The van der Waals surface area contributed by atoms with E-state index in [0.717, 1.165) is 22.8 Å². The van der Waals surface area contributed by atoms with Crippen LogP contribution in [0.4, 0.5) is 0 Å². The molecule has 0 fully saturated rings. The molecule has 2 aromatic rings. The second-order valence-corrected chi connectivity index (χ2v) is 5.42. The Morgan fingerprint density at radius 3 is 2.43 bits per heavy atom. The van der Waals surface area contributed by atoms with E-state index in [-0.39, 0.29) is 0 Å². The molecule has 2 N–H and O–H groups in total. The smallest absolute Gasteiger partial charge is 0.371 e. The summed E-state index contributed by atoms with van der Waals surface area (Å²) in [6.45, 7) is 2.00. The zero-order valence-corrected chi connectivity index (χ0v) is 12.2. The second-order valence-electron chi connectivity index (χ2n) is 4.67. The molecule has 0 amide bonds. The highest BCUT2D eigenvalue weighted by atomic mass is 32.1. The summed E-state index contributed by atoms with van der Waals surface area (Å²) in [5.41, 5.74) is 3.48. The molecule has 0 saturated carbocycles. The van der Waals surface area contributed by atoms with Crippen LogP contribution in [0.5, 0.6) is 0 Å². The lowest BCUT2D eigenvalue weighted by atomic mass is 10.0. The number of benzene rings is 1. The monoisotopic (exact) mass is 302 g/mol. The van der Waals surface area contributed by atoms with Crippen molar-refractivity contribution in [3.63, 3.8) is 0 Å². The van der Waals surface area contributed by atoms with Gasteiger partial charge in [0.2, 0.25) is 5.76 Å². The van der Waals surface area contributed by atoms with E-state index >= 15 is 0 Å². The molecule has 0 aliphatic carbocycles. The van der Waals surface area contributed by atoms with Crippen LogP contribution in [0.1, 0.15) is 27.0 Å². The van der Waals surface area contributed by atoms with Gasteiger partial charge in [0.15, 0.2) is 5.78 Å². The van der Waals surface area contributed by atoms with E-state index < -0.39 is 17.5 Å². The highest BCUT2D eigenvalue weighted by molar-refractivity contribution is 7.08. The fraction of sp³-hybridized carbons (Fsp3) is 0.125. The number of aliphatic hydroxyl groups is 1. The minimum atomic E-state index is -1.52. The van der Waals surface area contributed by atoms with Crippen LogP contribution in [0.2, 0.25) is 0 Å². The number of ketones is 1.